The predicted octanol–water partition coefficient (Wildman–Crippen LogP) is 3.09. The summed E-state index contributed by atoms with van der Waals surface area (Å²) in [5.41, 5.74) is 1.34. The Morgan fingerprint density at radius 3 is 2.25 bits per heavy atom. The summed E-state index contributed by atoms with van der Waals surface area (Å²) in [6.45, 7) is 0.966. The molecule has 0 unspecified atom stereocenters. The molecule has 7 heteroatoms. The van der Waals surface area contributed by atoms with Gasteiger partial charge < -0.3 is 15.4 Å². The van der Waals surface area contributed by atoms with Crippen LogP contribution in [0.5, 0.6) is 0 Å². The molecule has 124 valence electrons. The molecule has 0 fully saturated rings. The molecule has 0 atom stereocenters. The number of carbonyl (C=O) groups is 3. The lowest BCUT2D eigenvalue weighted by molar-refractivity contribution is -0.119. The molecule has 0 saturated carbocycles. The number of rotatable bonds is 5. The topological polar surface area (TPSA) is 84.5 Å². The molecule has 24 heavy (non-hydrogen) atoms. The first kappa shape index (κ1) is 17.5. The molecular formula is C17H15ClN2O4. The molecule has 0 aliphatic heterocycles. The van der Waals surface area contributed by atoms with E-state index in [-0.39, 0.29) is 5.91 Å². The average molecular weight is 347 g/mol. The van der Waals surface area contributed by atoms with Crippen molar-refractivity contribution in [2.45, 2.75) is 6.92 Å². The number of anilines is 2. The number of esters is 1. The fraction of sp³-hybridized carbons (Fsp3) is 0.118. The van der Waals surface area contributed by atoms with Crippen LogP contribution in [0.1, 0.15) is 17.3 Å². The molecule has 2 N–H and O–H groups in total. The third kappa shape index (κ3) is 5.40. The Morgan fingerprint density at radius 1 is 1.00 bits per heavy atom. The first-order valence-corrected chi connectivity index (χ1v) is 7.42. The van der Waals surface area contributed by atoms with Crippen molar-refractivity contribution >= 4 is 40.8 Å². The molecule has 0 bridgehead atoms. The highest BCUT2D eigenvalue weighted by Gasteiger charge is 2.10. The van der Waals surface area contributed by atoms with Crippen molar-refractivity contribution in [3.63, 3.8) is 0 Å². The van der Waals surface area contributed by atoms with E-state index in [1.807, 2.05) is 0 Å². The maximum absolute atomic E-state index is 11.8. The zero-order chi connectivity index (χ0) is 17.5. The van der Waals surface area contributed by atoms with Gasteiger partial charge in [0, 0.05) is 23.3 Å². The average Bonchev–Trinajstić information content (AvgIpc) is 2.53. The largest absolute Gasteiger partial charge is 0.452 e. The van der Waals surface area contributed by atoms with Crippen LogP contribution in [0.15, 0.2) is 48.5 Å². The van der Waals surface area contributed by atoms with E-state index in [0.29, 0.717) is 22.0 Å². The van der Waals surface area contributed by atoms with E-state index in [2.05, 4.69) is 10.6 Å². The van der Waals surface area contributed by atoms with Crippen LogP contribution in [0.2, 0.25) is 5.02 Å². The van der Waals surface area contributed by atoms with E-state index in [4.69, 9.17) is 16.3 Å². The van der Waals surface area contributed by atoms with E-state index in [0.717, 1.165) is 0 Å². The van der Waals surface area contributed by atoms with Crippen LogP contribution in [0.3, 0.4) is 0 Å². The van der Waals surface area contributed by atoms with Crippen molar-refractivity contribution in [1.29, 1.82) is 0 Å². The van der Waals surface area contributed by atoms with Gasteiger partial charge in [-0.1, -0.05) is 17.7 Å². The minimum Gasteiger partial charge on any atom is -0.452 e. The lowest BCUT2D eigenvalue weighted by atomic mass is 10.2. The zero-order valence-electron chi connectivity index (χ0n) is 12.8. The van der Waals surface area contributed by atoms with Gasteiger partial charge in [-0.3, -0.25) is 9.59 Å². The summed E-state index contributed by atoms with van der Waals surface area (Å²) in [6, 6.07) is 12.8. The molecule has 2 amide bonds. The summed E-state index contributed by atoms with van der Waals surface area (Å²) in [4.78, 5) is 34.7. The monoisotopic (exact) mass is 346 g/mol. The predicted molar refractivity (Wildman–Crippen MR) is 91.1 cm³/mol. The standard InChI is InChI=1S/C17H15ClN2O4/c1-11(21)19-14-3-2-4-15(9-14)20-16(22)10-24-17(23)12-5-7-13(18)8-6-12/h2-9H,10H2,1H3,(H,19,21)(H,20,22). The molecule has 6 nitrogen and oxygen atoms in total. The lowest BCUT2D eigenvalue weighted by Gasteiger charge is -2.08. The van der Waals surface area contributed by atoms with Crippen molar-refractivity contribution in [3.8, 4) is 0 Å². The van der Waals surface area contributed by atoms with Gasteiger partial charge in [-0.05, 0) is 42.5 Å². The highest BCUT2D eigenvalue weighted by molar-refractivity contribution is 6.30. The van der Waals surface area contributed by atoms with Crippen LogP contribution >= 0.6 is 11.6 Å². The summed E-state index contributed by atoms with van der Waals surface area (Å²) < 4.78 is 4.93. The van der Waals surface area contributed by atoms with E-state index in [9.17, 15) is 14.4 Å². The smallest absolute Gasteiger partial charge is 0.338 e. The highest BCUT2D eigenvalue weighted by atomic mass is 35.5. The van der Waals surface area contributed by atoms with Crippen LogP contribution in [-0.2, 0) is 14.3 Å². The van der Waals surface area contributed by atoms with Crippen LogP contribution in [-0.4, -0.2) is 24.4 Å². The lowest BCUT2D eigenvalue weighted by Crippen LogP contribution is -2.21. The van der Waals surface area contributed by atoms with E-state index >= 15 is 0 Å². The van der Waals surface area contributed by atoms with Crippen molar-refractivity contribution in [2.24, 2.45) is 0 Å². The van der Waals surface area contributed by atoms with Crippen molar-refractivity contribution in [2.75, 3.05) is 17.2 Å². The fourth-order valence-corrected chi connectivity index (χ4v) is 2.00. The molecule has 0 heterocycles. The molecule has 0 radical (unpaired) electrons. The highest BCUT2D eigenvalue weighted by Crippen LogP contribution is 2.15. The second-order valence-corrected chi connectivity index (χ2v) is 5.33. The molecule has 0 aliphatic rings. The Morgan fingerprint density at radius 2 is 1.62 bits per heavy atom. The van der Waals surface area contributed by atoms with Crippen LogP contribution in [0, 0.1) is 0 Å². The third-order valence-electron chi connectivity index (χ3n) is 2.88. The number of hydrogen-bond donors (Lipinski definition) is 2. The Labute approximate surface area is 143 Å². The summed E-state index contributed by atoms with van der Waals surface area (Å²) in [5, 5.41) is 5.69. The SMILES string of the molecule is CC(=O)Nc1cccc(NC(=O)COC(=O)c2ccc(Cl)cc2)c1. The van der Waals surface area contributed by atoms with Crippen molar-refractivity contribution < 1.29 is 19.1 Å². The van der Waals surface area contributed by atoms with Crippen molar-refractivity contribution in [3.05, 3.63) is 59.1 Å². The molecule has 0 saturated heterocycles. The Balaban J connectivity index is 1.88. The normalized spacial score (nSPS) is 9.92. The summed E-state index contributed by atoms with van der Waals surface area (Å²) in [7, 11) is 0. The Kier molecular flexibility index (Phi) is 5.92. The van der Waals surface area contributed by atoms with E-state index in [1.54, 1.807) is 36.4 Å². The molecular weight excluding hydrogens is 332 g/mol. The summed E-state index contributed by atoms with van der Waals surface area (Å²) >= 11 is 5.74. The Bertz CT molecular complexity index is 759. The number of halogens is 1. The molecule has 2 aromatic carbocycles. The number of hydrogen-bond acceptors (Lipinski definition) is 4. The maximum atomic E-state index is 11.8. The van der Waals surface area contributed by atoms with Gasteiger partial charge in [0.1, 0.15) is 0 Å². The quantitative estimate of drug-likeness (QED) is 0.815. The fourth-order valence-electron chi connectivity index (χ4n) is 1.88. The molecule has 0 aromatic heterocycles. The number of benzene rings is 2. The minimum absolute atomic E-state index is 0.213. The van der Waals surface area contributed by atoms with Gasteiger partial charge in [0.25, 0.3) is 5.91 Å². The van der Waals surface area contributed by atoms with E-state index in [1.165, 1.54) is 19.1 Å². The zero-order valence-corrected chi connectivity index (χ0v) is 13.6. The maximum Gasteiger partial charge on any atom is 0.338 e. The van der Waals surface area contributed by atoms with Gasteiger partial charge in [-0.25, -0.2) is 4.79 Å². The van der Waals surface area contributed by atoms with Gasteiger partial charge in [0.15, 0.2) is 6.61 Å². The first-order valence-electron chi connectivity index (χ1n) is 7.04. The van der Waals surface area contributed by atoms with Crippen molar-refractivity contribution in [1.82, 2.24) is 0 Å². The molecule has 0 aliphatic carbocycles. The van der Waals surface area contributed by atoms with Crippen LogP contribution in [0.25, 0.3) is 0 Å². The number of nitrogens with one attached hydrogen (secondary N) is 2. The van der Waals surface area contributed by atoms with Crippen LogP contribution < -0.4 is 10.6 Å². The molecule has 0 spiro atoms. The Hall–Kier alpha value is -2.86. The second-order valence-electron chi connectivity index (χ2n) is 4.89. The summed E-state index contributed by atoms with van der Waals surface area (Å²) in [5.74, 6) is -1.32. The first-order chi connectivity index (χ1) is 11.4. The second kappa shape index (κ2) is 8.12. The van der Waals surface area contributed by atoms with Gasteiger partial charge in [0.05, 0.1) is 5.56 Å². The van der Waals surface area contributed by atoms with E-state index < -0.39 is 18.5 Å². The molecule has 2 aromatic rings. The third-order valence-corrected chi connectivity index (χ3v) is 3.13. The number of amides is 2. The van der Waals surface area contributed by atoms with Crippen LogP contribution in [0.4, 0.5) is 11.4 Å². The molecule has 2 rings (SSSR count). The van der Waals surface area contributed by atoms with Gasteiger partial charge in [0.2, 0.25) is 5.91 Å². The van der Waals surface area contributed by atoms with Gasteiger partial charge in [-0.2, -0.15) is 0 Å². The van der Waals surface area contributed by atoms with Gasteiger partial charge >= 0.3 is 5.97 Å². The number of carbonyl (C=O) groups excluding carboxylic acids is 3. The van der Waals surface area contributed by atoms with Gasteiger partial charge in [-0.15, -0.1) is 0 Å². The number of ether oxygens (including phenoxy) is 1. The summed E-state index contributed by atoms with van der Waals surface area (Å²) in [6.07, 6.45) is 0. The minimum atomic E-state index is -0.617.